The molecule has 0 spiro atoms. The van der Waals surface area contributed by atoms with Crippen LogP contribution in [0.4, 0.5) is 0 Å². The number of hydrogen-bond donors (Lipinski definition) is 1. The van der Waals surface area contributed by atoms with E-state index in [1.165, 1.54) is 0 Å². The van der Waals surface area contributed by atoms with Crippen LogP contribution in [-0.2, 0) is 4.79 Å². The van der Waals surface area contributed by atoms with Gasteiger partial charge in [-0.05, 0) is 49.2 Å². The van der Waals surface area contributed by atoms with Gasteiger partial charge in [0.15, 0.2) is 6.61 Å². The number of allylic oxidation sites excluding steroid dienone is 1. The van der Waals surface area contributed by atoms with Gasteiger partial charge in [0, 0.05) is 11.6 Å². The molecule has 0 fully saturated rings. The van der Waals surface area contributed by atoms with Crippen molar-refractivity contribution in [1.29, 1.82) is 5.26 Å². The second-order valence-electron chi connectivity index (χ2n) is 8.82. The summed E-state index contributed by atoms with van der Waals surface area (Å²) in [6, 6.07) is 22.3. The molecule has 1 heterocycles. The third kappa shape index (κ3) is 6.42. The first-order valence-electron chi connectivity index (χ1n) is 12.3. The summed E-state index contributed by atoms with van der Waals surface area (Å²) in [5.41, 5.74) is 9.16. The number of unbranched alkanes of at least 4 members (excludes halogenated alkanes) is 2. The molecule has 1 aliphatic heterocycles. The zero-order chi connectivity index (χ0) is 26.2. The van der Waals surface area contributed by atoms with Crippen LogP contribution in [0.2, 0.25) is 0 Å². The van der Waals surface area contributed by atoms with E-state index in [-0.39, 0.29) is 12.5 Å². The Labute approximate surface area is 217 Å². The number of nitrogens with zero attached hydrogens (tertiary/aromatic N) is 1. The number of carbonyl (C=O) groups is 1. The molecule has 1 atom stereocenters. The highest BCUT2D eigenvalue weighted by atomic mass is 16.6. The van der Waals surface area contributed by atoms with Crippen LogP contribution >= 0.6 is 0 Å². The molecule has 0 saturated heterocycles. The van der Waals surface area contributed by atoms with Gasteiger partial charge in [-0.25, -0.2) is 4.79 Å². The summed E-state index contributed by atoms with van der Waals surface area (Å²) in [5.74, 6) is 1.12. The lowest BCUT2D eigenvalue weighted by Gasteiger charge is -2.26. The first kappa shape index (κ1) is 25.6. The number of ether oxygens (including phenoxy) is 4. The number of fused-ring (bicyclic) bond motifs is 1. The average molecular weight is 499 g/mol. The molecule has 1 aliphatic rings. The lowest BCUT2D eigenvalue weighted by Crippen LogP contribution is -2.21. The fourth-order valence-electron chi connectivity index (χ4n) is 4.08. The number of aryl methyl sites for hydroxylation is 1. The Bertz CT molecular complexity index is 1310. The molecular formula is C30H30N2O5. The lowest BCUT2D eigenvalue weighted by molar-refractivity contribution is -0.136. The Morgan fingerprint density at radius 1 is 0.973 bits per heavy atom. The minimum atomic E-state index is -0.552. The number of nitriles is 1. The minimum absolute atomic E-state index is 0.0195. The van der Waals surface area contributed by atoms with E-state index in [2.05, 4.69) is 13.0 Å². The molecular weight excluding hydrogens is 468 g/mol. The van der Waals surface area contributed by atoms with E-state index >= 15 is 0 Å². The Morgan fingerprint density at radius 2 is 1.65 bits per heavy atom. The fourth-order valence-corrected chi connectivity index (χ4v) is 4.08. The van der Waals surface area contributed by atoms with Gasteiger partial charge in [-0.15, -0.1) is 0 Å². The Morgan fingerprint density at radius 3 is 2.35 bits per heavy atom. The lowest BCUT2D eigenvalue weighted by atomic mass is 9.83. The first-order valence-corrected chi connectivity index (χ1v) is 12.3. The van der Waals surface area contributed by atoms with Gasteiger partial charge in [0.1, 0.15) is 34.6 Å². The van der Waals surface area contributed by atoms with E-state index in [1.54, 1.807) is 30.3 Å². The van der Waals surface area contributed by atoms with Gasteiger partial charge in [-0.3, -0.25) is 0 Å². The van der Waals surface area contributed by atoms with Gasteiger partial charge < -0.3 is 24.7 Å². The van der Waals surface area contributed by atoms with Crippen LogP contribution in [0.1, 0.15) is 48.8 Å². The summed E-state index contributed by atoms with van der Waals surface area (Å²) < 4.78 is 22.5. The maximum atomic E-state index is 12.3. The summed E-state index contributed by atoms with van der Waals surface area (Å²) in [5, 5.41) is 9.81. The van der Waals surface area contributed by atoms with E-state index in [0.29, 0.717) is 29.4 Å². The van der Waals surface area contributed by atoms with E-state index in [9.17, 15) is 10.1 Å². The van der Waals surface area contributed by atoms with Crippen molar-refractivity contribution >= 4 is 5.97 Å². The molecule has 0 amide bonds. The molecule has 3 aromatic carbocycles. The number of hydrogen-bond acceptors (Lipinski definition) is 7. The molecule has 1 unspecified atom stereocenters. The zero-order valence-electron chi connectivity index (χ0n) is 21.0. The predicted molar refractivity (Wildman–Crippen MR) is 140 cm³/mol. The second kappa shape index (κ2) is 12.0. The third-order valence-electron chi connectivity index (χ3n) is 6.03. The Kier molecular flexibility index (Phi) is 8.32. The number of esters is 1. The number of benzene rings is 3. The molecule has 190 valence electrons. The van der Waals surface area contributed by atoms with Crippen molar-refractivity contribution in [1.82, 2.24) is 0 Å². The van der Waals surface area contributed by atoms with E-state index in [4.69, 9.17) is 24.7 Å². The van der Waals surface area contributed by atoms with Crippen LogP contribution in [0, 0.1) is 18.3 Å². The van der Waals surface area contributed by atoms with Crippen LogP contribution in [0.5, 0.6) is 23.0 Å². The van der Waals surface area contributed by atoms with Gasteiger partial charge in [-0.2, -0.15) is 5.26 Å². The summed E-state index contributed by atoms with van der Waals surface area (Å²) >= 11 is 0. The quantitative estimate of drug-likeness (QED) is 0.215. The molecule has 4 rings (SSSR count). The molecule has 7 nitrogen and oxygen atoms in total. The van der Waals surface area contributed by atoms with Gasteiger partial charge >= 0.3 is 5.97 Å². The van der Waals surface area contributed by atoms with Crippen LogP contribution < -0.4 is 24.7 Å². The summed E-state index contributed by atoms with van der Waals surface area (Å²) in [6.45, 7) is 4.56. The van der Waals surface area contributed by atoms with Crippen molar-refractivity contribution < 1.29 is 23.7 Å². The van der Waals surface area contributed by atoms with Crippen molar-refractivity contribution in [2.75, 3.05) is 13.2 Å². The average Bonchev–Trinajstić information content (AvgIpc) is 2.90. The van der Waals surface area contributed by atoms with Crippen LogP contribution in [-0.4, -0.2) is 19.2 Å². The molecule has 0 radical (unpaired) electrons. The highest BCUT2D eigenvalue weighted by Gasteiger charge is 2.31. The minimum Gasteiger partial charge on any atom is -0.494 e. The van der Waals surface area contributed by atoms with Crippen LogP contribution in [0.15, 0.2) is 78.2 Å². The van der Waals surface area contributed by atoms with Crippen molar-refractivity contribution in [2.45, 2.75) is 39.0 Å². The zero-order valence-corrected chi connectivity index (χ0v) is 21.0. The topological polar surface area (TPSA) is 104 Å². The molecule has 7 heteroatoms. The summed E-state index contributed by atoms with van der Waals surface area (Å²) in [7, 11) is 0. The van der Waals surface area contributed by atoms with Gasteiger partial charge in [-0.1, -0.05) is 55.7 Å². The molecule has 37 heavy (non-hydrogen) atoms. The number of rotatable bonds is 10. The van der Waals surface area contributed by atoms with E-state index in [1.807, 2.05) is 43.3 Å². The van der Waals surface area contributed by atoms with E-state index in [0.717, 1.165) is 41.7 Å². The Balaban J connectivity index is 1.48. The standard InChI is InChI=1S/C30H30N2O5/c1-3-4-5-16-34-22-12-8-21(9-13-22)29-25-15-14-24(17-27(25)37-30(32)26(29)18-31)36-28(33)19-35-23-10-6-20(2)7-11-23/h6-15,17,29H,3-5,16,19,32H2,1-2H3. The van der Waals surface area contributed by atoms with Crippen molar-refractivity contribution in [2.24, 2.45) is 5.73 Å². The Hall–Kier alpha value is -4.44. The summed E-state index contributed by atoms with van der Waals surface area (Å²) in [4.78, 5) is 12.3. The molecule has 0 saturated carbocycles. The predicted octanol–water partition coefficient (Wildman–Crippen LogP) is 5.77. The van der Waals surface area contributed by atoms with Gasteiger partial charge in [0.2, 0.25) is 5.88 Å². The molecule has 2 N–H and O–H groups in total. The van der Waals surface area contributed by atoms with Crippen molar-refractivity contribution in [3.8, 4) is 29.1 Å². The highest BCUT2D eigenvalue weighted by molar-refractivity contribution is 5.74. The number of nitrogens with two attached hydrogens (primary N) is 1. The largest absolute Gasteiger partial charge is 0.494 e. The molecule has 0 aliphatic carbocycles. The number of carbonyl (C=O) groups excluding carboxylic acids is 1. The maximum Gasteiger partial charge on any atom is 0.349 e. The van der Waals surface area contributed by atoms with Gasteiger partial charge in [0.25, 0.3) is 0 Å². The van der Waals surface area contributed by atoms with Crippen molar-refractivity contribution in [3.05, 3.63) is 94.9 Å². The van der Waals surface area contributed by atoms with Crippen LogP contribution in [0.3, 0.4) is 0 Å². The molecule has 0 aromatic heterocycles. The normalized spacial score (nSPS) is 14.2. The van der Waals surface area contributed by atoms with Gasteiger partial charge in [0.05, 0.1) is 12.5 Å². The summed E-state index contributed by atoms with van der Waals surface area (Å²) in [6.07, 6.45) is 3.27. The fraction of sp³-hybridized carbons (Fsp3) is 0.267. The third-order valence-corrected chi connectivity index (χ3v) is 6.03. The smallest absolute Gasteiger partial charge is 0.349 e. The van der Waals surface area contributed by atoms with Crippen LogP contribution in [0.25, 0.3) is 0 Å². The maximum absolute atomic E-state index is 12.3. The van der Waals surface area contributed by atoms with Crippen molar-refractivity contribution in [3.63, 3.8) is 0 Å². The monoisotopic (exact) mass is 498 g/mol. The first-order chi connectivity index (χ1) is 18.0. The highest BCUT2D eigenvalue weighted by Crippen LogP contribution is 2.43. The molecule has 3 aromatic rings. The second-order valence-corrected chi connectivity index (χ2v) is 8.82. The SMILES string of the molecule is CCCCCOc1ccc(C2C(C#N)=C(N)Oc3cc(OC(=O)COc4ccc(C)cc4)ccc32)cc1. The molecule has 0 bridgehead atoms. The van der Waals surface area contributed by atoms with E-state index < -0.39 is 11.9 Å².